The summed E-state index contributed by atoms with van der Waals surface area (Å²) >= 11 is 0. The first kappa shape index (κ1) is 73.3. The molecule has 0 rings (SSSR count). The highest BCUT2D eigenvalue weighted by molar-refractivity contribution is 5.76. The van der Waals surface area contributed by atoms with Gasteiger partial charge in [-0.25, -0.2) is 0 Å². The van der Waals surface area contributed by atoms with Crippen molar-refractivity contribution >= 4 is 11.9 Å². The molecule has 0 aromatic heterocycles. The fourth-order valence-electron chi connectivity index (χ4n) is 10.7. The molecule has 0 aliphatic rings. The van der Waals surface area contributed by atoms with Crippen LogP contribution in [-0.4, -0.2) is 47.4 Å². The van der Waals surface area contributed by atoms with E-state index in [0.717, 1.165) is 44.9 Å². The first-order chi connectivity index (χ1) is 37.0. The molecular formula is C69H133NO5. The lowest BCUT2D eigenvalue weighted by molar-refractivity contribution is -0.143. The van der Waals surface area contributed by atoms with Gasteiger partial charge < -0.3 is 20.3 Å². The maximum atomic E-state index is 12.4. The van der Waals surface area contributed by atoms with E-state index in [-0.39, 0.29) is 18.5 Å². The van der Waals surface area contributed by atoms with Crippen molar-refractivity contribution in [3.05, 3.63) is 24.3 Å². The predicted molar refractivity (Wildman–Crippen MR) is 329 cm³/mol. The van der Waals surface area contributed by atoms with Crippen LogP contribution < -0.4 is 5.32 Å². The summed E-state index contributed by atoms with van der Waals surface area (Å²) in [4.78, 5) is 24.5. The number of rotatable bonds is 64. The molecule has 2 unspecified atom stereocenters. The van der Waals surface area contributed by atoms with Crippen LogP contribution in [0.4, 0.5) is 0 Å². The summed E-state index contributed by atoms with van der Waals surface area (Å²) in [6.45, 7) is 4.95. The number of unbranched alkanes of at least 4 members (excludes halogenated alkanes) is 49. The van der Waals surface area contributed by atoms with Crippen molar-refractivity contribution in [3.8, 4) is 0 Å². The van der Waals surface area contributed by atoms with Crippen LogP contribution in [0.2, 0.25) is 0 Å². The van der Waals surface area contributed by atoms with E-state index in [1.807, 2.05) is 0 Å². The van der Waals surface area contributed by atoms with Gasteiger partial charge in [0, 0.05) is 12.8 Å². The molecule has 0 radical (unpaired) electrons. The maximum Gasteiger partial charge on any atom is 0.305 e. The molecule has 0 saturated carbocycles. The normalized spacial score (nSPS) is 12.6. The number of esters is 1. The van der Waals surface area contributed by atoms with Gasteiger partial charge in [0.25, 0.3) is 0 Å². The van der Waals surface area contributed by atoms with Gasteiger partial charge in [0.2, 0.25) is 5.91 Å². The molecule has 0 bridgehead atoms. The van der Waals surface area contributed by atoms with Gasteiger partial charge in [0.15, 0.2) is 0 Å². The first-order valence-electron chi connectivity index (χ1n) is 34.1. The molecule has 6 nitrogen and oxygen atoms in total. The molecule has 0 heterocycles. The number of allylic oxidation sites excluding steroid dienone is 4. The monoisotopic (exact) mass is 1060 g/mol. The molecule has 0 saturated heterocycles. The highest BCUT2D eigenvalue weighted by atomic mass is 16.5. The lowest BCUT2D eigenvalue weighted by Crippen LogP contribution is -2.45. The van der Waals surface area contributed by atoms with Crippen LogP contribution in [0.1, 0.15) is 380 Å². The minimum absolute atomic E-state index is 0.0111. The van der Waals surface area contributed by atoms with Crippen LogP contribution in [0.5, 0.6) is 0 Å². The fourth-order valence-corrected chi connectivity index (χ4v) is 10.7. The quantitative estimate of drug-likeness (QED) is 0.0320. The van der Waals surface area contributed by atoms with E-state index in [4.69, 9.17) is 4.74 Å². The van der Waals surface area contributed by atoms with Crippen molar-refractivity contribution in [2.24, 2.45) is 0 Å². The second kappa shape index (κ2) is 64.9. The van der Waals surface area contributed by atoms with Crippen molar-refractivity contribution < 1.29 is 24.5 Å². The van der Waals surface area contributed by atoms with Gasteiger partial charge in [-0.3, -0.25) is 9.59 Å². The standard InChI is InChI=1S/C69H133NO5/c1-3-5-7-9-11-13-15-16-36-40-43-47-51-55-59-63-69(74)75-64-60-56-52-48-44-41-38-35-33-31-29-27-25-23-21-19-17-18-20-22-24-26-28-30-32-34-37-39-42-46-50-54-58-62-68(73)70-66(65-71)67(72)61-57-53-49-45-14-12-10-8-6-4-2/h16,21,23,36,66-67,71-72H,3-15,17-20,22,24-35,37-65H2,1-2H3,(H,70,73)/b23-21-,36-16-. The van der Waals surface area contributed by atoms with Crippen molar-refractivity contribution in [2.75, 3.05) is 13.2 Å². The lowest BCUT2D eigenvalue weighted by Gasteiger charge is -2.22. The van der Waals surface area contributed by atoms with Gasteiger partial charge in [-0.15, -0.1) is 0 Å². The van der Waals surface area contributed by atoms with Gasteiger partial charge >= 0.3 is 5.97 Å². The molecule has 75 heavy (non-hydrogen) atoms. The predicted octanol–water partition coefficient (Wildman–Crippen LogP) is 21.8. The molecule has 0 spiro atoms. The topological polar surface area (TPSA) is 95.9 Å². The Labute approximate surface area is 469 Å². The second-order valence-electron chi connectivity index (χ2n) is 23.5. The third-order valence-electron chi connectivity index (χ3n) is 16.0. The summed E-state index contributed by atoms with van der Waals surface area (Å²) in [5.74, 6) is -0.0208. The zero-order chi connectivity index (χ0) is 54.3. The molecule has 6 heteroatoms. The van der Waals surface area contributed by atoms with Crippen LogP contribution in [0.3, 0.4) is 0 Å². The summed E-state index contributed by atoms with van der Waals surface area (Å²) in [7, 11) is 0. The summed E-state index contributed by atoms with van der Waals surface area (Å²) in [5.41, 5.74) is 0. The van der Waals surface area contributed by atoms with E-state index in [9.17, 15) is 19.8 Å². The Bertz CT molecular complexity index is 1170. The van der Waals surface area contributed by atoms with E-state index in [2.05, 4.69) is 43.5 Å². The van der Waals surface area contributed by atoms with Crippen molar-refractivity contribution in [3.63, 3.8) is 0 Å². The van der Waals surface area contributed by atoms with Gasteiger partial charge in [0.1, 0.15) is 0 Å². The van der Waals surface area contributed by atoms with E-state index in [1.54, 1.807) is 0 Å². The van der Waals surface area contributed by atoms with E-state index in [0.29, 0.717) is 25.9 Å². The van der Waals surface area contributed by atoms with Crippen molar-refractivity contribution in [2.45, 2.75) is 392 Å². The van der Waals surface area contributed by atoms with Gasteiger partial charge in [-0.05, 0) is 77.0 Å². The fraction of sp³-hybridized carbons (Fsp3) is 0.913. The first-order valence-corrected chi connectivity index (χ1v) is 34.1. The van der Waals surface area contributed by atoms with E-state index >= 15 is 0 Å². The summed E-state index contributed by atoms with van der Waals surface area (Å²) < 4.78 is 5.49. The Morgan fingerprint density at radius 3 is 0.947 bits per heavy atom. The lowest BCUT2D eigenvalue weighted by atomic mass is 10.0. The second-order valence-corrected chi connectivity index (χ2v) is 23.5. The Balaban J connectivity index is 3.32. The summed E-state index contributed by atoms with van der Waals surface area (Å²) in [5, 5.41) is 23.2. The Hall–Kier alpha value is -1.66. The molecule has 0 aromatic rings. The number of ether oxygens (including phenoxy) is 1. The largest absolute Gasteiger partial charge is 0.466 e. The number of carbonyl (C=O) groups is 2. The van der Waals surface area contributed by atoms with Crippen molar-refractivity contribution in [1.82, 2.24) is 5.32 Å². The smallest absolute Gasteiger partial charge is 0.305 e. The molecule has 1 amide bonds. The zero-order valence-electron chi connectivity index (χ0n) is 50.8. The molecular weight excluding hydrogens is 923 g/mol. The molecule has 0 aliphatic carbocycles. The molecule has 444 valence electrons. The number of aliphatic hydroxyl groups excluding tert-OH is 2. The Morgan fingerprint density at radius 2 is 0.627 bits per heavy atom. The van der Waals surface area contributed by atoms with Crippen LogP contribution in [0.15, 0.2) is 24.3 Å². The third kappa shape index (κ3) is 61.4. The Kier molecular flexibility index (Phi) is 63.4. The van der Waals surface area contributed by atoms with Gasteiger partial charge in [-0.2, -0.15) is 0 Å². The third-order valence-corrected chi connectivity index (χ3v) is 16.0. The molecule has 0 aromatic carbocycles. The summed E-state index contributed by atoms with van der Waals surface area (Å²) in [6, 6.07) is -0.537. The number of hydrogen-bond donors (Lipinski definition) is 3. The van der Waals surface area contributed by atoms with Crippen LogP contribution in [0.25, 0.3) is 0 Å². The van der Waals surface area contributed by atoms with E-state index in [1.165, 1.54) is 302 Å². The minimum Gasteiger partial charge on any atom is -0.466 e. The molecule has 0 aliphatic heterocycles. The van der Waals surface area contributed by atoms with E-state index < -0.39 is 12.1 Å². The number of hydrogen-bond acceptors (Lipinski definition) is 5. The van der Waals surface area contributed by atoms with Gasteiger partial charge in [-0.1, -0.05) is 314 Å². The highest BCUT2D eigenvalue weighted by Gasteiger charge is 2.20. The number of aliphatic hydroxyl groups is 2. The number of carbonyl (C=O) groups excluding carboxylic acids is 2. The maximum absolute atomic E-state index is 12.4. The molecule has 0 fully saturated rings. The SMILES string of the molecule is CCCCCCCC/C=C\CCCCCCCC(=O)OCCCCCCCCCCCCCC/C=C\CCCCCCCCCCCCCCCCCCCC(=O)NC(CO)C(O)CCCCCCCCCCCC. The summed E-state index contributed by atoms with van der Waals surface area (Å²) in [6.07, 6.45) is 80.9. The number of nitrogens with one attached hydrogen (secondary N) is 1. The average molecular weight is 1060 g/mol. The zero-order valence-corrected chi connectivity index (χ0v) is 50.8. The molecule has 2 atom stereocenters. The minimum atomic E-state index is -0.660. The van der Waals surface area contributed by atoms with Crippen molar-refractivity contribution in [1.29, 1.82) is 0 Å². The molecule has 3 N–H and O–H groups in total. The Morgan fingerprint density at radius 1 is 0.360 bits per heavy atom. The van der Waals surface area contributed by atoms with Crippen LogP contribution in [0, 0.1) is 0 Å². The number of amides is 1. The average Bonchev–Trinajstić information content (AvgIpc) is 3.41. The highest BCUT2D eigenvalue weighted by Crippen LogP contribution is 2.18. The van der Waals surface area contributed by atoms with Crippen LogP contribution in [-0.2, 0) is 14.3 Å². The van der Waals surface area contributed by atoms with Gasteiger partial charge in [0.05, 0.1) is 25.4 Å². The van der Waals surface area contributed by atoms with Crippen LogP contribution >= 0.6 is 0 Å².